The summed E-state index contributed by atoms with van der Waals surface area (Å²) in [4.78, 5) is 7.41. The molecule has 0 bridgehead atoms. The second kappa shape index (κ2) is 7.17. The maximum absolute atomic E-state index is 13.2. The minimum atomic E-state index is -0.266. The predicted molar refractivity (Wildman–Crippen MR) is 86.0 cm³/mol. The molecule has 0 aliphatic rings. The standard InChI is InChI=1S/C18H18FN3O/c19-16-7-5-13(6-8-16)17(18-20-9-10-21-18)22-11-14-3-1-2-4-15(14)12-23/h1-10,17,22-23H,11-12H2,(H,20,21)/t17-/m0/s1. The highest BCUT2D eigenvalue weighted by atomic mass is 19.1. The van der Waals surface area contributed by atoms with E-state index in [0.717, 1.165) is 22.5 Å². The molecule has 1 aromatic heterocycles. The molecule has 0 amide bonds. The van der Waals surface area contributed by atoms with E-state index >= 15 is 0 Å². The fourth-order valence-corrected chi connectivity index (χ4v) is 2.56. The topological polar surface area (TPSA) is 60.9 Å². The number of H-pyrrole nitrogens is 1. The summed E-state index contributed by atoms with van der Waals surface area (Å²) in [6.07, 6.45) is 3.45. The Morgan fingerprint density at radius 1 is 1.09 bits per heavy atom. The van der Waals surface area contributed by atoms with Gasteiger partial charge in [-0.15, -0.1) is 0 Å². The monoisotopic (exact) mass is 311 g/mol. The summed E-state index contributed by atoms with van der Waals surface area (Å²) < 4.78 is 13.2. The van der Waals surface area contributed by atoms with Crippen LogP contribution in [0.3, 0.4) is 0 Å². The number of benzene rings is 2. The SMILES string of the molecule is OCc1ccccc1CN[C@@H](c1ccc(F)cc1)c1ncc[nH]1. The summed E-state index contributed by atoms with van der Waals surface area (Å²) in [6, 6.07) is 13.9. The third kappa shape index (κ3) is 3.64. The number of rotatable bonds is 6. The first-order valence-electron chi connectivity index (χ1n) is 7.43. The van der Waals surface area contributed by atoms with Gasteiger partial charge in [-0.05, 0) is 28.8 Å². The lowest BCUT2D eigenvalue weighted by Gasteiger charge is -2.18. The normalized spacial score (nSPS) is 12.3. The molecule has 0 saturated heterocycles. The molecule has 4 nitrogen and oxygen atoms in total. The Morgan fingerprint density at radius 2 is 1.83 bits per heavy atom. The highest BCUT2D eigenvalue weighted by molar-refractivity contribution is 5.29. The van der Waals surface area contributed by atoms with E-state index in [0.29, 0.717) is 6.54 Å². The van der Waals surface area contributed by atoms with E-state index in [4.69, 9.17) is 0 Å². The van der Waals surface area contributed by atoms with Crippen molar-refractivity contribution < 1.29 is 9.50 Å². The Morgan fingerprint density at radius 3 is 2.48 bits per heavy atom. The van der Waals surface area contributed by atoms with Gasteiger partial charge in [0.1, 0.15) is 11.6 Å². The summed E-state index contributed by atoms with van der Waals surface area (Å²) in [5, 5.41) is 12.8. The van der Waals surface area contributed by atoms with Gasteiger partial charge in [0.2, 0.25) is 0 Å². The molecule has 0 saturated carbocycles. The van der Waals surface area contributed by atoms with Crippen LogP contribution in [0.25, 0.3) is 0 Å². The molecule has 0 spiro atoms. The van der Waals surface area contributed by atoms with Crippen molar-refractivity contribution in [3.05, 3.63) is 89.3 Å². The number of hydrogen-bond donors (Lipinski definition) is 3. The van der Waals surface area contributed by atoms with Crippen LogP contribution in [0.4, 0.5) is 4.39 Å². The Labute approximate surface area is 134 Å². The summed E-state index contributed by atoms with van der Waals surface area (Å²) in [7, 11) is 0. The number of aliphatic hydroxyl groups is 1. The molecule has 0 aliphatic heterocycles. The van der Waals surface area contributed by atoms with Gasteiger partial charge in [-0.3, -0.25) is 5.32 Å². The minimum absolute atomic E-state index is 0.000178. The van der Waals surface area contributed by atoms with E-state index in [1.54, 1.807) is 24.5 Å². The van der Waals surface area contributed by atoms with Crippen molar-refractivity contribution in [1.29, 1.82) is 0 Å². The fourth-order valence-electron chi connectivity index (χ4n) is 2.56. The van der Waals surface area contributed by atoms with Crippen LogP contribution in [0.1, 0.15) is 28.6 Å². The van der Waals surface area contributed by atoms with Gasteiger partial charge < -0.3 is 10.1 Å². The fraction of sp³-hybridized carbons (Fsp3) is 0.167. The van der Waals surface area contributed by atoms with Gasteiger partial charge in [-0.1, -0.05) is 36.4 Å². The molecule has 5 heteroatoms. The molecule has 118 valence electrons. The highest BCUT2D eigenvalue weighted by Crippen LogP contribution is 2.20. The van der Waals surface area contributed by atoms with Gasteiger partial charge in [0.15, 0.2) is 0 Å². The van der Waals surface area contributed by atoms with Gasteiger partial charge in [-0.25, -0.2) is 9.37 Å². The van der Waals surface area contributed by atoms with Crippen molar-refractivity contribution in [3.63, 3.8) is 0 Å². The maximum atomic E-state index is 13.2. The van der Waals surface area contributed by atoms with E-state index in [9.17, 15) is 9.50 Å². The number of aliphatic hydroxyl groups excluding tert-OH is 1. The van der Waals surface area contributed by atoms with Crippen molar-refractivity contribution in [1.82, 2.24) is 15.3 Å². The molecule has 23 heavy (non-hydrogen) atoms. The summed E-state index contributed by atoms with van der Waals surface area (Å²) >= 11 is 0. The summed E-state index contributed by atoms with van der Waals surface area (Å²) in [5.41, 5.74) is 2.83. The van der Waals surface area contributed by atoms with Crippen molar-refractivity contribution >= 4 is 0 Å². The lowest BCUT2D eigenvalue weighted by Crippen LogP contribution is -2.23. The van der Waals surface area contributed by atoms with Crippen LogP contribution in [-0.2, 0) is 13.2 Å². The van der Waals surface area contributed by atoms with E-state index in [1.807, 2.05) is 24.3 Å². The smallest absolute Gasteiger partial charge is 0.127 e. The molecule has 0 unspecified atom stereocenters. The predicted octanol–water partition coefficient (Wildman–Crippen LogP) is 2.92. The van der Waals surface area contributed by atoms with Gasteiger partial charge in [0, 0.05) is 18.9 Å². The van der Waals surface area contributed by atoms with Crippen LogP contribution in [-0.4, -0.2) is 15.1 Å². The van der Waals surface area contributed by atoms with Crippen LogP contribution in [0.5, 0.6) is 0 Å². The molecule has 1 atom stereocenters. The first kappa shape index (κ1) is 15.4. The molecule has 3 rings (SSSR count). The van der Waals surface area contributed by atoms with Crippen LogP contribution in [0, 0.1) is 5.82 Å². The van der Waals surface area contributed by atoms with Gasteiger partial charge in [0.25, 0.3) is 0 Å². The second-order valence-electron chi connectivity index (χ2n) is 5.27. The zero-order chi connectivity index (χ0) is 16.1. The lowest BCUT2D eigenvalue weighted by atomic mass is 10.0. The van der Waals surface area contributed by atoms with E-state index < -0.39 is 0 Å². The Hall–Kier alpha value is -2.50. The number of imidazole rings is 1. The molecule has 0 aliphatic carbocycles. The number of nitrogens with zero attached hydrogens (tertiary/aromatic N) is 1. The minimum Gasteiger partial charge on any atom is -0.392 e. The van der Waals surface area contributed by atoms with Gasteiger partial charge >= 0.3 is 0 Å². The third-order valence-electron chi connectivity index (χ3n) is 3.78. The number of hydrogen-bond acceptors (Lipinski definition) is 3. The van der Waals surface area contributed by atoms with Crippen LogP contribution in [0.2, 0.25) is 0 Å². The Kier molecular flexibility index (Phi) is 4.80. The summed E-state index contributed by atoms with van der Waals surface area (Å²) in [5.74, 6) is 0.496. The van der Waals surface area contributed by atoms with E-state index in [1.165, 1.54) is 12.1 Å². The average molecular weight is 311 g/mol. The van der Waals surface area contributed by atoms with E-state index in [2.05, 4.69) is 15.3 Å². The third-order valence-corrected chi connectivity index (χ3v) is 3.78. The number of nitrogens with one attached hydrogen (secondary N) is 2. The first-order chi connectivity index (χ1) is 11.3. The zero-order valence-electron chi connectivity index (χ0n) is 12.5. The Bertz CT molecular complexity index is 741. The number of aromatic nitrogens is 2. The number of aromatic amines is 1. The molecular weight excluding hydrogens is 293 g/mol. The van der Waals surface area contributed by atoms with Crippen LogP contribution < -0.4 is 5.32 Å². The zero-order valence-corrected chi connectivity index (χ0v) is 12.5. The number of halogens is 1. The highest BCUT2D eigenvalue weighted by Gasteiger charge is 2.16. The molecule has 0 radical (unpaired) electrons. The molecular formula is C18H18FN3O. The molecule has 3 N–H and O–H groups in total. The maximum Gasteiger partial charge on any atom is 0.127 e. The summed E-state index contributed by atoms with van der Waals surface area (Å²) in [6.45, 7) is 0.569. The quantitative estimate of drug-likeness (QED) is 0.656. The van der Waals surface area contributed by atoms with Gasteiger partial charge in [0.05, 0.1) is 12.6 Å². The van der Waals surface area contributed by atoms with E-state index in [-0.39, 0.29) is 18.5 Å². The Balaban J connectivity index is 1.83. The lowest BCUT2D eigenvalue weighted by molar-refractivity contribution is 0.280. The molecule has 2 aromatic carbocycles. The molecule has 1 heterocycles. The van der Waals surface area contributed by atoms with Crippen molar-refractivity contribution in [2.45, 2.75) is 19.2 Å². The second-order valence-corrected chi connectivity index (χ2v) is 5.27. The van der Waals surface area contributed by atoms with Crippen molar-refractivity contribution in [2.24, 2.45) is 0 Å². The average Bonchev–Trinajstić information content (AvgIpc) is 3.11. The van der Waals surface area contributed by atoms with Crippen molar-refractivity contribution in [3.8, 4) is 0 Å². The van der Waals surface area contributed by atoms with Crippen LogP contribution in [0.15, 0.2) is 60.9 Å². The molecule has 0 fully saturated rings. The van der Waals surface area contributed by atoms with Crippen LogP contribution >= 0.6 is 0 Å². The molecule has 3 aromatic rings. The van der Waals surface area contributed by atoms with Crippen molar-refractivity contribution in [2.75, 3.05) is 0 Å². The first-order valence-corrected chi connectivity index (χ1v) is 7.43. The largest absolute Gasteiger partial charge is 0.392 e. The van der Waals surface area contributed by atoms with Gasteiger partial charge in [-0.2, -0.15) is 0 Å².